The second-order valence-corrected chi connectivity index (χ2v) is 7.14. The van der Waals surface area contributed by atoms with Crippen molar-refractivity contribution in [1.82, 2.24) is 14.9 Å². The van der Waals surface area contributed by atoms with E-state index in [9.17, 15) is 24.0 Å². The monoisotopic (exact) mass is 459 g/mol. The molecule has 31 heavy (non-hydrogen) atoms. The number of carbonyl (C=O) groups is 4. The highest BCUT2D eigenvalue weighted by Crippen LogP contribution is 2.32. The SMILES string of the molecule is CC(=O)N[C@H]1C(n2cc(Cl)cnc2=O)O[C@H](COC(C)=O)[C@@H](OC(C)=O)[C@@H]1OC(C)=O. The number of aromatic nitrogens is 2. The number of rotatable bonds is 6. The summed E-state index contributed by atoms with van der Waals surface area (Å²) in [6.07, 6.45) is -2.67. The minimum atomic E-state index is -1.30. The van der Waals surface area contributed by atoms with Crippen molar-refractivity contribution >= 4 is 35.4 Å². The van der Waals surface area contributed by atoms with Gasteiger partial charge in [0.25, 0.3) is 0 Å². The maximum absolute atomic E-state index is 12.4. The zero-order valence-corrected chi connectivity index (χ0v) is 18.0. The molecule has 5 atom stereocenters. The van der Waals surface area contributed by atoms with E-state index in [-0.39, 0.29) is 5.02 Å². The topological polar surface area (TPSA) is 152 Å². The highest BCUT2D eigenvalue weighted by molar-refractivity contribution is 6.30. The first-order valence-electron chi connectivity index (χ1n) is 9.13. The van der Waals surface area contributed by atoms with Crippen molar-refractivity contribution in [2.24, 2.45) is 0 Å². The van der Waals surface area contributed by atoms with E-state index in [1.165, 1.54) is 13.1 Å². The summed E-state index contributed by atoms with van der Waals surface area (Å²) >= 11 is 5.96. The summed E-state index contributed by atoms with van der Waals surface area (Å²) < 4.78 is 22.5. The second-order valence-electron chi connectivity index (χ2n) is 6.70. The molecule has 1 aromatic heterocycles. The van der Waals surface area contributed by atoms with Crippen molar-refractivity contribution in [1.29, 1.82) is 0 Å². The Labute approximate surface area is 181 Å². The number of carbonyl (C=O) groups excluding carboxylic acids is 4. The standard InChI is InChI=1S/C18H22ClN3O9/c1-8(23)21-14-16(30-11(4)26)15(29-10(3)25)13(7-28-9(2)24)31-17(14)22-6-12(19)5-20-18(22)27/h5-6,13-17H,7H2,1-4H3,(H,21,23)/t13-,14-,15-,16-,17?/m1/s1. The predicted molar refractivity (Wildman–Crippen MR) is 103 cm³/mol. The minimum absolute atomic E-state index is 0.0902. The molecule has 1 N–H and O–H groups in total. The van der Waals surface area contributed by atoms with E-state index < -0.39 is 66.7 Å². The number of ether oxygens (including phenoxy) is 4. The van der Waals surface area contributed by atoms with Crippen LogP contribution in [0.25, 0.3) is 0 Å². The fraction of sp³-hybridized carbons (Fsp3) is 0.556. The number of nitrogens with one attached hydrogen (secondary N) is 1. The lowest BCUT2D eigenvalue weighted by atomic mass is 9.95. The third-order valence-electron chi connectivity index (χ3n) is 4.15. The van der Waals surface area contributed by atoms with Crippen molar-refractivity contribution in [3.63, 3.8) is 0 Å². The van der Waals surface area contributed by atoms with Crippen LogP contribution in [0.3, 0.4) is 0 Å². The first kappa shape index (κ1) is 24.3. The molecule has 1 amide bonds. The van der Waals surface area contributed by atoms with Crippen LogP contribution in [-0.2, 0) is 38.1 Å². The zero-order valence-electron chi connectivity index (χ0n) is 17.2. The summed E-state index contributed by atoms with van der Waals surface area (Å²) in [5.74, 6) is -2.67. The van der Waals surface area contributed by atoms with Crippen molar-refractivity contribution in [2.45, 2.75) is 58.3 Å². The van der Waals surface area contributed by atoms with E-state index in [2.05, 4.69) is 10.3 Å². The van der Waals surface area contributed by atoms with E-state index in [0.717, 1.165) is 31.5 Å². The number of halogens is 1. The van der Waals surface area contributed by atoms with Crippen molar-refractivity contribution in [3.05, 3.63) is 27.9 Å². The van der Waals surface area contributed by atoms with Gasteiger partial charge in [-0.25, -0.2) is 4.79 Å². The number of esters is 3. The van der Waals surface area contributed by atoms with E-state index in [4.69, 9.17) is 30.5 Å². The lowest BCUT2D eigenvalue weighted by Gasteiger charge is -2.45. The maximum Gasteiger partial charge on any atom is 0.349 e. The third-order valence-corrected chi connectivity index (χ3v) is 4.34. The predicted octanol–water partition coefficient (Wildman–Crippen LogP) is -0.275. The Kier molecular flexibility index (Phi) is 8.11. The normalized spacial score (nSPS) is 25.3. The van der Waals surface area contributed by atoms with Crippen LogP contribution in [0, 0.1) is 0 Å². The molecule has 13 heteroatoms. The molecule has 1 aliphatic heterocycles. The summed E-state index contributed by atoms with van der Waals surface area (Å²) in [6, 6.07) is -1.18. The first-order valence-corrected chi connectivity index (χ1v) is 9.51. The Morgan fingerprint density at radius 3 is 2.26 bits per heavy atom. The summed E-state index contributed by atoms with van der Waals surface area (Å²) in [5, 5.41) is 2.64. The Morgan fingerprint density at radius 1 is 1.10 bits per heavy atom. The van der Waals surface area contributed by atoms with E-state index in [1.54, 1.807) is 0 Å². The van der Waals surface area contributed by atoms with Crippen molar-refractivity contribution < 1.29 is 38.1 Å². The average molecular weight is 460 g/mol. The van der Waals surface area contributed by atoms with Crippen molar-refractivity contribution in [3.8, 4) is 0 Å². The number of hydrogen-bond acceptors (Lipinski definition) is 10. The third kappa shape index (κ3) is 6.49. The first-order chi connectivity index (χ1) is 14.5. The second kappa shape index (κ2) is 10.4. The summed E-state index contributed by atoms with van der Waals surface area (Å²) in [6.45, 7) is 4.22. The molecule has 0 radical (unpaired) electrons. The average Bonchev–Trinajstić information content (AvgIpc) is 2.64. The molecular weight excluding hydrogens is 438 g/mol. The summed E-state index contributed by atoms with van der Waals surface area (Å²) in [7, 11) is 0. The Hall–Kier alpha value is -2.99. The maximum atomic E-state index is 12.4. The lowest BCUT2D eigenvalue weighted by molar-refractivity contribution is -0.238. The fourth-order valence-electron chi connectivity index (χ4n) is 3.13. The van der Waals surface area contributed by atoms with Crippen LogP contribution in [-0.4, -0.2) is 64.3 Å². The van der Waals surface area contributed by atoms with Crippen molar-refractivity contribution in [2.75, 3.05) is 6.61 Å². The van der Waals surface area contributed by atoms with Gasteiger partial charge in [-0.05, 0) is 0 Å². The molecule has 0 saturated carbocycles. The molecule has 170 valence electrons. The van der Waals surface area contributed by atoms with Crippen LogP contribution in [0.5, 0.6) is 0 Å². The van der Waals surface area contributed by atoms with Gasteiger partial charge in [-0.2, -0.15) is 4.98 Å². The Balaban J connectivity index is 2.60. The van der Waals surface area contributed by atoms with E-state index in [1.807, 2.05) is 0 Å². The molecule has 1 aliphatic rings. The summed E-state index contributed by atoms with van der Waals surface area (Å²) in [4.78, 5) is 62.7. The van der Waals surface area contributed by atoms with Crippen LogP contribution in [0.2, 0.25) is 5.02 Å². The van der Waals surface area contributed by atoms with Crippen LogP contribution in [0.15, 0.2) is 17.2 Å². The molecule has 1 saturated heterocycles. The summed E-state index contributed by atoms with van der Waals surface area (Å²) in [5.41, 5.74) is -0.775. The van der Waals surface area contributed by atoms with E-state index >= 15 is 0 Å². The molecule has 2 heterocycles. The molecule has 0 spiro atoms. The highest BCUT2D eigenvalue weighted by Gasteiger charge is 2.51. The number of hydrogen-bond donors (Lipinski definition) is 1. The van der Waals surface area contributed by atoms with Gasteiger partial charge in [0.2, 0.25) is 5.91 Å². The molecule has 1 fully saturated rings. The molecule has 0 aliphatic carbocycles. The fourth-order valence-corrected chi connectivity index (χ4v) is 3.29. The van der Waals surface area contributed by atoms with Crippen LogP contribution >= 0.6 is 11.6 Å². The largest absolute Gasteiger partial charge is 0.463 e. The molecule has 0 bridgehead atoms. The zero-order chi connectivity index (χ0) is 23.3. The van der Waals surface area contributed by atoms with Gasteiger partial charge in [-0.15, -0.1) is 0 Å². The highest BCUT2D eigenvalue weighted by atomic mass is 35.5. The van der Waals surface area contributed by atoms with Gasteiger partial charge in [0, 0.05) is 33.9 Å². The van der Waals surface area contributed by atoms with Crippen LogP contribution in [0.4, 0.5) is 0 Å². The molecule has 2 rings (SSSR count). The lowest BCUT2D eigenvalue weighted by Crippen LogP contribution is -2.65. The van der Waals surface area contributed by atoms with E-state index in [0.29, 0.717) is 0 Å². The van der Waals surface area contributed by atoms with Crippen LogP contribution in [0.1, 0.15) is 33.9 Å². The van der Waals surface area contributed by atoms with Gasteiger partial charge in [0.1, 0.15) is 18.8 Å². The molecule has 1 unspecified atom stereocenters. The number of nitrogens with zero attached hydrogens (tertiary/aromatic N) is 2. The number of amides is 1. The van der Waals surface area contributed by atoms with Gasteiger partial charge < -0.3 is 24.3 Å². The quantitative estimate of drug-likeness (QED) is 0.444. The van der Waals surface area contributed by atoms with Crippen LogP contribution < -0.4 is 11.0 Å². The van der Waals surface area contributed by atoms with Gasteiger partial charge in [0.05, 0.1) is 11.2 Å². The Bertz CT molecular complexity index is 919. The molecule has 0 aromatic carbocycles. The molecule has 12 nitrogen and oxygen atoms in total. The van der Waals surface area contributed by atoms with Gasteiger partial charge >= 0.3 is 23.6 Å². The minimum Gasteiger partial charge on any atom is -0.463 e. The van der Waals surface area contributed by atoms with Gasteiger partial charge in [-0.3, -0.25) is 23.7 Å². The molecule has 1 aromatic rings. The van der Waals surface area contributed by atoms with Gasteiger partial charge in [0.15, 0.2) is 18.4 Å². The molecular formula is C18H22ClN3O9. The van der Waals surface area contributed by atoms with Gasteiger partial charge in [-0.1, -0.05) is 11.6 Å². The smallest absolute Gasteiger partial charge is 0.349 e. The Morgan fingerprint density at radius 2 is 1.71 bits per heavy atom.